The van der Waals surface area contributed by atoms with Crippen LogP contribution in [0.5, 0.6) is 5.75 Å². The van der Waals surface area contributed by atoms with Gasteiger partial charge in [0.15, 0.2) is 0 Å². The summed E-state index contributed by atoms with van der Waals surface area (Å²) in [6, 6.07) is 24.7. The number of imidazole rings is 1. The zero-order chi connectivity index (χ0) is 22.3. The SMILES string of the molecule is CC(NC(=O)/C=C\c1ccccc1)c1nc2ccccc2n1CCOc1ccc(Cl)cc1. The Labute approximate surface area is 192 Å². The smallest absolute Gasteiger partial charge is 0.244 e. The number of nitrogens with one attached hydrogen (secondary N) is 1. The molecule has 5 nitrogen and oxygen atoms in total. The second-order valence-corrected chi connectivity index (χ2v) is 7.82. The van der Waals surface area contributed by atoms with Crippen molar-refractivity contribution in [3.63, 3.8) is 0 Å². The second kappa shape index (κ2) is 10.2. The molecule has 0 spiro atoms. The molecule has 0 aliphatic heterocycles. The molecule has 4 rings (SSSR count). The van der Waals surface area contributed by atoms with Crippen LogP contribution in [0.3, 0.4) is 0 Å². The van der Waals surface area contributed by atoms with Gasteiger partial charge in [-0.2, -0.15) is 0 Å². The molecule has 3 aromatic carbocycles. The fraction of sp³-hybridized carbons (Fsp3) is 0.154. The first-order valence-corrected chi connectivity index (χ1v) is 10.8. The molecule has 1 heterocycles. The molecule has 0 aliphatic rings. The van der Waals surface area contributed by atoms with Crippen LogP contribution in [0.1, 0.15) is 24.4 Å². The normalized spacial score (nSPS) is 12.2. The molecule has 0 radical (unpaired) electrons. The highest BCUT2D eigenvalue weighted by molar-refractivity contribution is 6.30. The van der Waals surface area contributed by atoms with Crippen LogP contribution in [0.4, 0.5) is 0 Å². The number of para-hydroxylation sites is 2. The summed E-state index contributed by atoms with van der Waals surface area (Å²) in [4.78, 5) is 17.3. The highest BCUT2D eigenvalue weighted by Gasteiger charge is 2.17. The van der Waals surface area contributed by atoms with Crippen molar-refractivity contribution in [3.05, 3.63) is 101 Å². The summed E-state index contributed by atoms with van der Waals surface area (Å²) < 4.78 is 7.98. The third-order valence-electron chi connectivity index (χ3n) is 5.05. The van der Waals surface area contributed by atoms with Gasteiger partial charge in [-0.3, -0.25) is 4.79 Å². The number of hydrogen-bond acceptors (Lipinski definition) is 3. The average Bonchev–Trinajstić information content (AvgIpc) is 3.18. The number of amides is 1. The number of carbonyl (C=O) groups is 1. The fourth-order valence-corrected chi connectivity index (χ4v) is 3.63. The molecule has 0 bridgehead atoms. The van der Waals surface area contributed by atoms with Crippen molar-refractivity contribution in [1.29, 1.82) is 0 Å². The van der Waals surface area contributed by atoms with Crippen LogP contribution in [-0.4, -0.2) is 22.1 Å². The molecule has 1 amide bonds. The summed E-state index contributed by atoms with van der Waals surface area (Å²) in [5, 5.41) is 3.69. The van der Waals surface area contributed by atoms with Crippen LogP contribution in [0.25, 0.3) is 17.1 Å². The molecule has 6 heteroatoms. The molecule has 32 heavy (non-hydrogen) atoms. The highest BCUT2D eigenvalue weighted by Crippen LogP contribution is 2.21. The van der Waals surface area contributed by atoms with Gasteiger partial charge >= 0.3 is 0 Å². The first-order valence-electron chi connectivity index (χ1n) is 10.5. The Morgan fingerprint density at radius 2 is 1.78 bits per heavy atom. The Balaban J connectivity index is 1.47. The molecular weight excluding hydrogens is 422 g/mol. The second-order valence-electron chi connectivity index (χ2n) is 7.39. The predicted octanol–water partition coefficient (Wildman–Crippen LogP) is 5.66. The van der Waals surface area contributed by atoms with Crippen molar-refractivity contribution in [1.82, 2.24) is 14.9 Å². The third kappa shape index (κ3) is 5.37. The number of fused-ring (bicyclic) bond motifs is 1. The van der Waals surface area contributed by atoms with Crippen LogP contribution < -0.4 is 10.1 Å². The van der Waals surface area contributed by atoms with E-state index in [0.29, 0.717) is 18.2 Å². The lowest BCUT2D eigenvalue weighted by Gasteiger charge is -2.16. The van der Waals surface area contributed by atoms with Crippen LogP contribution in [0.15, 0.2) is 84.9 Å². The maximum atomic E-state index is 12.5. The van der Waals surface area contributed by atoms with Gasteiger partial charge in [-0.25, -0.2) is 4.98 Å². The molecule has 1 N–H and O–H groups in total. The van der Waals surface area contributed by atoms with E-state index in [0.717, 1.165) is 28.2 Å². The minimum atomic E-state index is -0.272. The Bertz CT molecular complexity index is 1220. The summed E-state index contributed by atoms with van der Waals surface area (Å²) >= 11 is 5.94. The monoisotopic (exact) mass is 445 g/mol. The van der Waals surface area contributed by atoms with E-state index in [1.54, 1.807) is 24.3 Å². The van der Waals surface area contributed by atoms with E-state index in [1.807, 2.05) is 73.7 Å². The first-order chi connectivity index (χ1) is 15.6. The number of carbonyl (C=O) groups excluding carboxylic acids is 1. The zero-order valence-electron chi connectivity index (χ0n) is 17.7. The lowest BCUT2D eigenvalue weighted by molar-refractivity contribution is -0.117. The van der Waals surface area contributed by atoms with Gasteiger partial charge in [-0.15, -0.1) is 0 Å². The molecule has 0 fully saturated rings. The van der Waals surface area contributed by atoms with Gasteiger partial charge in [0.1, 0.15) is 18.2 Å². The van der Waals surface area contributed by atoms with E-state index >= 15 is 0 Å². The standard InChI is InChI=1S/C26H24ClN3O2/c1-19(28-25(31)16-11-20-7-3-2-4-8-20)26-29-23-9-5-6-10-24(23)30(26)17-18-32-22-14-12-21(27)13-15-22/h2-16,19H,17-18H2,1H3,(H,28,31)/b16-11-. The largest absolute Gasteiger partial charge is 0.492 e. The van der Waals surface area contributed by atoms with E-state index in [4.69, 9.17) is 21.3 Å². The Morgan fingerprint density at radius 1 is 1.06 bits per heavy atom. The van der Waals surface area contributed by atoms with Crippen molar-refractivity contribution in [2.24, 2.45) is 0 Å². The predicted molar refractivity (Wildman–Crippen MR) is 129 cm³/mol. The Kier molecular flexibility index (Phi) is 6.87. The van der Waals surface area contributed by atoms with Crippen LogP contribution in [0.2, 0.25) is 5.02 Å². The average molecular weight is 446 g/mol. The number of aromatic nitrogens is 2. The first kappa shape index (κ1) is 21.7. The van der Waals surface area contributed by atoms with Gasteiger partial charge in [-0.1, -0.05) is 54.1 Å². The molecule has 1 unspecified atom stereocenters. The van der Waals surface area contributed by atoms with Crippen LogP contribution in [0, 0.1) is 0 Å². The molecule has 0 aliphatic carbocycles. The summed E-state index contributed by atoms with van der Waals surface area (Å²) in [5.41, 5.74) is 2.86. The van der Waals surface area contributed by atoms with E-state index in [1.165, 1.54) is 0 Å². The number of nitrogens with zero attached hydrogens (tertiary/aromatic N) is 2. The third-order valence-corrected chi connectivity index (χ3v) is 5.31. The van der Waals surface area contributed by atoms with Crippen molar-refractivity contribution >= 4 is 34.6 Å². The van der Waals surface area contributed by atoms with Gasteiger partial charge in [0.25, 0.3) is 0 Å². The minimum Gasteiger partial charge on any atom is -0.492 e. The van der Waals surface area contributed by atoms with Crippen molar-refractivity contribution in [2.45, 2.75) is 19.5 Å². The highest BCUT2D eigenvalue weighted by atomic mass is 35.5. The number of hydrogen-bond donors (Lipinski definition) is 1. The number of rotatable bonds is 8. The van der Waals surface area contributed by atoms with Crippen LogP contribution >= 0.6 is 11.6 Å². The molecule has 0 saturated heterocycles. The van der Waals surface area contributed by atoms with E-state index in [-0.39, 0.29) is 11.9 Å². The van der Waals surface area contributed by atoms with Gasteiger partial charge in [0.2, 0.25) is 5.91 Å². The number of ether oxygens (including phenoxy) is 1. The number of halogens is 1. The van der Waals surface area contributed by atoms with Crippen molar-refractivity contribution in [2.75, 3.05) is 6.61 Å². The van der Waals surface area contributed by atoms with Crippen molar-refractivity contribution < 1.29 is 9.53 Å². The molecule has 1 aromatic heterocycles. The van der Waals surface area contributed by atoms with Gasteiger partial charge in [0, 0.05) is 11.1 Å². The summed E-state index contributed by atoms with van der Waals surface area (Å²) in [7, 11) is 0. The van der Waals surface area contributed by atoms with E-state index in [9.17, 15) is 4.79 Å². The van der Waals surface area contributed by atoms with Gasteiger partial charge in [0.05, 0.1) is 23.6 Å². The molecule has 1 atom stereocenters. The molecule has 162 valence electrons. The lowest BCUT2D eigenvalue weighted by Crippen LogP contribution is -2.27. The Hall–Kier alpha value is -3.57. The fourth-order valence-electron chi connectivity index (χ4n) is 3.51. The maximum Gasteiger partial charge on any atom is 0.244 e. The van der Waals surface area contributed by atoms with E-state index in [2.05, 4.69) is 9.88 Å². The van der Waals surface area contributed by atoms with E-state index < -0.39 is 0 Å². The summed E-state index contributed by atoms with van der Waals surface area (Å²) in [5.74, 6) is 1.37. The Morgan fingerprint density at radius 3 is 2.56 bits per heavy atom. The molecular formula is C26H24ClN3O2. The quantitative estimate of drug-likeness (QED) is 0.356. The summed E-state index contributed by atoms with van der Waals surface area (Å²) in [6.07, 6.45) is 3.34. The van der Waals surface area contributed by atoms with Gasteiger partial charge in [-0.05, 0) is 55.0 Å². The minimum absolute atomic E-state index is 0.169. The molecule has 4 aromatic rings. The van der Waals surface area contributed by atoms with Gasteiger partial charge < -0.3 is 14.6 Å². The van der Waals surface area contributed by atoms with Crippen LogP contribution in [-0.2, 0) is 11.3 Å². The zero-order valence-corrected chi connectivity index (χ0v) is 18.5. The maximum absolute atomic E-state index is 12.5. The number of benzene rings is 3. The van der Waals surface area contributed by atoms with Crippen molar-refractivity contribution in [3.8, 4) is 5.75 Å². The lowest BCUT2D eigenvalue weighted by atomic mass is 10.2. The topological polar surface area (TPSA) is 56.2 Å². The molecule has 0 saturated carbocycles. The summed E-state index contributed by atoms with van der Waals surface area (Å²) in [6.45, 7) is 2.99.